The molecule has 0 spiro atoms. The Kier molecular flexibility index (Phi) is 6.64. The van der Waals surface area contributed by atoms with E-state index in [4.69, 9.17) is 0 Å². The fourth-order valence-corrected chi connectivity index (χ4v) is 3.08. The van der Waals surface area contributed by atoms with Crippen LogP contribution in [0.15, 0.2) is 22.7 Å². The zero-order valence-corrected chi connectivity index (χ0v) is 13.7. The Labute approximate surface area is 133 Å². The van der Waals surface area contributed by atoms with Gasteiger partial charge in [-0.1, -0.05) is 41.6 Å². The molecular weight excluding hydrogens is 335 g/mol. The molecule has 1 aromatic carbocycles. The van der Waals surface area contributed by atoms with Crippen molar-refractivity contribution < 1.29 is 9.18 Å². The fourth-order valence-electron chi connectivity index (χ4n) is 2.69. The third kappa shape index (κ3) is 5.75. The van der Waals surface area contributed by atoms with E-state index in [9.17, 15) is 9.18 Å². The maximum atomic E-state index is 13.2. The molecule has 0 aliphatic heterocycles. The van der Waals surface area contributed by atoms with Crippen LogP contribution in [0.2, 0.25) is 0 Å². The highest BCUT2D eigenvalue weighted by atomic mass is 79.9. The molecule has 0 aromatic heterocycles. The van der Waals surface area contributed by atoms with Gasteiger partial charge in [-0.2, -0.15) is 0 Å². The van der Waals surface area contributed by atoms with Crippen LogP contribution in [0.4, 0.5) is 4.39 Å². The molecule has 1 aliphatic carbocycles. The normalized spacial score (nSPS) is 16.5. The number of halogens is 2. The molecule has 21 heavy (non-hydrogen) atoms. The van der Waals surface area contributed by atoms with E-state index in [0.29, 0.717) is 12.6 Å². The van der Waals surface area contributed by atoms with Crippen LogP contribution < -0.4 is 10.6 Å². The van der Waals surface area contributed by atoms with Gasteiger partial charge in [0, 0.05) is 17.1 Å². The average molecular weight is 357 g/mol. The van der Waals surface area contributed by atoms with Gasteiger partial charge in [0.05, 0.1) is 6.54 Å². The molecular formula is C16H22BrFN2O. The first kappa shape index (κ1) is 16.4. The third-order valence-corrected chi connectivity index (χ3v) is 4.60. The van der Waals surface area contributed by atoms with Crippen molar-refractivity contribution in [3.63, 3.8) is 0 Å². The van der Waals surface area contributed by atoms with Crippen molar-refractivity contribution in [2.75, 3.05) is 6.54 Å². The second-order valence-corrected chi connectivity index (χ2v) is 6.45. The largest absolute Gasteiger partial charge is 0.352 e. The molecule has 2 rings (SSSR count). The van der Waals surface area contributed by atoms with Crippen LogP contribution in [-0.4, -0.2) is 18.5 Å². The Morgan fingerprint density at radius 3 is 2.67 bits per heavy atom. The molecule has 0 bridgehead atoms. The van der Waals surface area contributed by atoms with Gasteiger partial charge in [0.15, 0.2) is 0 Å². The fraction of sp³-hybridized carbons (Fsp3) is 0.562. The summed E-state index contributed by atoms with van der Waals surface area (Å²) in [5, 5.41) is 6.15. The highest BCUT2D eigenvalue weighted by Crippen LogP contribution is 2.18. The predicted octanol–water partition coefficient (Wildman–Crippen LogP) is 3.52. The summed E-state index contributed by atoms with van der Waals surface area (Å²) in [5.74, 6) is -0.243. The van der Waals surface area contributed by atoms with E-state index < -0.39 is 0 Å². The number of nitrogens with one attached hydrogen (secondary N) is 2. The van der Waals surface area contributed by atoms with E-state index in [0.717, 1.165) is 22.9 Å². The van der Waals surface area contributed by atoms with Crippen LogP contribution in [0.5, 0.6) is 0 Å². The van der Waals surface area contributed by atoms with Gasteiger partial charge in [-0.25, -0.2) is 4.39 Å². The number of carbonyl (C=O) groups excluding carboxylic acids is 1. The lowest BCUT2D eigenvalue weighted by molar-refractivity contribution is -0.121. The minimum atomic E-state index is -0.266. The lowest BCUT2D eigenvalue weighted by Gasteiger charge is -2.16. The van der Waals surface area contributed by atoms with Crippen LogP contribution >= 0.6 is 15.9 Å². The topological polar surface area (TPSA) is 41.1 Å². The Morgan fingerprint density at radius 2 is 1.95 bits per heavy atom. The molecule has 1 amide bonds. The molecule has 2 N–H and O–H groups in total. The summed E-state index contributed by atoms with van der Waals surface area (Å²) in [6.45, 7) is 0.732. The smallest absolute Gasteiger partial charge is 0.234 e. The summed E-state index contributed by atoms with van der Waals surface area (Å²) in [6, 6.07) is 4.88. The molecule has 1 saturated carbocycles. The molecule has 116 valence electrons. The van der Waals surface area contributed by atoms with Crippen molar-refractivity contribution in [1.82, 2.24) is 10.6 Å². The second-order valence-electron chi connectivity index (χ2n) is 5.60. The monoisotopic (exact) mass is 356 g/mol. The minimum absolute atomic E-state index is 0.0226. The first-order valence-electron chi connectivity index (χ1n) is 7.59. The summed E-state index contributed by atoms with van der Waals surface area (Å²) in [6.07, 6.45) is 7.13. The lowest BCUT2D eigenvalue weighted by atomic mass is 10.1. The Balaban J connectivity index is 1.72. The number of amides is 1. The van der Waals surface area contributed by atoms with Gasteiger partial charge >= 0.3 is 0 Å². The van der Waals surface area contributed by atoms with Gasteiger partial charge in [0.25, 0.3) is 0 Å². The standard InChI is InChI=1S/C16H22BrFN2O/c17-15-8-7-13(18)9-12(15)10-19-11-16(21)20-14-5-3-1-2-4-6-14/h7-9,14,19H,1-6,10-11H2,(H,20,21). The first-order chi connectivity index (χ1) is 10.1. The van der Waals surface area contributed by atoms with Gasteiger partial charge in [-0.05, 0) is 36.6 Å². The molecule has 5 heteroatoms. The van der Waals surface area contributed by atoms with E-state index in [1.807, 2.05) is 0 Å². The van der Waals surface area contributed by atoms with Crippen molar-refractivity contribution in [1.29, 1.82) is 0 Å². The molecule has 0 radical (unpaired) electrons. The maximum absolute atomic E-state index is 13.2. The predicted molar refractivity (Wildman–Crippen MR) is 85.4 cm³/mol. The van der Waals surface area contributed by atoms with Crippen LogP contribution in [0.1, 0.15) is 44.1 Å². The van der Waals surface area contributed by atoms with E-state index in [1.54, 1.807) is 6.07 Å². The first-order valence-corrected chi connectivity index (χ1v) is 8.38. The van der Waals surface area contributed by atoms with Crippen molar-refractivity contribution in [2.24, 2.45) is 0 Å². The van der Waals surface area contributed by atoms with E-state index in [1.165, 1.54) is 37.8 Å². The van der Waals surface area contributed by atoms with E-state index in [-0.39, 0.29) is 18.3 Å². The van der Waals surface area contributed by atoms with E-state index in [2.05, 4.69) is 26.6 Å². The van der Waals surface area contributed by atoms with Crippen LogP contribution in [0.25, 0.3) is 0 Å². The number of benzene rings is 1. The molecule has 0 atom stereocenters. The summed E-state index contributed by atoms with van der Waals surface area (Å²) < 4.78 is 14.0. The zero-order valence-electron chi connectivity index (χ0n) is 12.1. The van der Waals surface area contributed by atoms with Crippen molar-refractivity contribution in [2.45, 2.75) is 51.1 Å². The molecule has 0 saturated heterocycles. The van der Waals surface area contributed by atoms with Gasteiger partial charge in [-0.3, -0.25) is 4.79 Å². The average Bonchev–Trinajstić information content (AvgIpc) is 2.71. The summed E-state index contributed by atoms with van der Waals surface area (Å²) in [5.41, 5.74) is 0.817. The minimum Gasteiger partial charge on any atom is -0.352 e. The maximum Gasteiger partial charge on any atom is 0.234 e. The quantitative estimate of drug-likeness (QED) is 0.792. The van der Waals surface area contributed by atoms with Gasteiger partial charge in [0.2, 0.25) is 5.91 Å². The number of carbonyl (C=O) groups is 1. The van der Waals surface area contributed by atoms with Crippen molar-refractivity contribution in [3.05, 3.63) is 34.1 Å². The van der Waals surface area contributed by atoms with Crippen LogP contribution in [0.3, 0.4) is 0 Å². The van der Waals surface area contributed by atoms with Crippen LogP contribution in [-0.2, 0) is 11.3 Å². The van der Waals surface area contributed by atoms with Crippen molar-refractivity contribution >= 4 is 21.8 Å². The molecule has 3 nitrogen and oxygen atoms in total. The SMILES string of the molecule is O=C(CNCc1cc(F)ccc1Br)NC1CCCCCC1. The molecule has 0 unspecified atom stereocenters. The van der Waals surface area contributed by atoms with E-state index >= 15 is 0 Å². The second kappa shape index (κ2) is 8.49. The third-order valence-electron chi connectivity index (χ3n) is 3.83. The summed E-state index contributed by atoms with van der Waals surface area (Å²) in [7, 11) is 0. The zero-order chi connectivity index (χ0) is 15.1. The van der Waals surface area contributed by atoms with Crippen LogP contribution in [0, 0.1) is 5.82 Å². The highest BCUT2D eigenvalue weighted by molar-refractivity contribution is 9.10. The highest BCUT2D eigenvalue weighted by Gasteiger charge is 2.14. The number of hydrogen-bond acceptors (Lipinski definition) is 2. The Morgan fingerprint density at radius 1 is 1.24 bits per heavy atom. The Hall–Kier alpha value is -0.940. The van der Waals surface area contributed by atoms with Crippen molar-refractivity contribution in [3.8, 4) is 0 Å². The summed E-state index contributed by atoms with van der Waals surface area (Å²) in [4.78, 5) is 11.9. The molecule has 1 aliphatic rings. The van der Waals surface area contributed by atoms with Gasteiger partial charge in [0.1, 0.15) is 5.82 Å². The summed E-state index contributed by atoms with van der Waals surface area (Å²) >= 11 is 3.38. The number of hydrogen-bond donors (Lipinski definition) is 2. The number of rotatable bonds is 5. The lowest BCUT2D eigenvalue weighted by Crippen LogP contribution is -2.40. The molecule has 1 aromatic rings. The van der Waals surface area contributed by atoms with Gasteiger partial charge in [-0.15, -0.1) is 0 Å². The molecule has 1 fully saturated rings. The van der Waals surface area contributed by atoms with Gasteiger partial charge < -0.3 is 10.6 Å². The molecule has 0 heterocycles. The Bertz CT molecular complexity index is 473.